The van der Waals surface area contributed by atoms with Crippen molar-refractivity contribution in [2.45, 2.75) is 39.3 Å². The second kappa shape index (κ2) is 11.8. The van der Waals surface area contributed by atoms with E-state index in [0.717, 1.165) is 64.9 Å². The van der Waals surface area contributed by atoms with E-state index >= 15 is 0 Å². The van der Waals surface area contributed by atoms with Crippen molar-refractivity contribution in [3.63, 3.8) is 0 Å². The van der Waals surface area contributed by atoms with Gasteiger partial charge in [0.25, 0.3) is 0 Å². The molecule has 6 nitrogen and oxygen atoms in total. The third kappa shape index (κ3) is 6.77. The second-order valence-electron chi connectivity index (χ2n) is 7.63. The Hall–Kier alpha value is -1.06. The molecule has 2 atom stereocenters. The Morgan fingerprint density at radius 2 is 1.93 bits per heavy atom. The first-order valence-corrected chi connectivity index (χ1v) is 10.3. The average molecular weight is 501 g/mol. The van der Waals surface area contributed by atoms with Gasteiger partial charge in [0.2, 0.25) is 0 Å². The number of morpholine rings is 1. The maximum absolute atomic E-state index is 5.45. The van der Waals surface area contributed by atoms with Crippen LogP contribution < -0.4 is 15.5 Å². The molecule has 0 aromatic heterocycles. The molecular formula is C21H36IN5O. The molecule has 2 unspecified atom stereocenters. The molecule has 158 valence electrons. The maximum atomic E-state index is 5.45. The molecular weight excluding hydrogens is 465 g/mol. The van der Waals surface area contributed by atoms with Gasteiger partial charge in [0.1, 0.15) is 0 Å². The summed E-state index contributed by atoms with van der Waals surface area (Å²) in [5.74, 6) is 0.938. The predicted molar refractivity (Wildman–Crippen MR) is 128 cm³/mol. The third-order valence-electron chi connectivity index (χ3n) is 5.46. The molecule has 2 N–H and O–H groups in total. The van der Waals surface area contributed by atoms with Crippen LogP contribution in [0, 0.1) is 6.92 Å². The van der Waals surface area contributed by atoms with Gasteiger partial charge in [-0.25, -0.2) is 0 Å². The Balaban J connectivity index is 0.00000280. The second-order valence-corrected chi connectivity index (χ2v) is 7.63. The SMILES string of the molecule is CCNC(=NCC(C)N1CCOCC1)NC1CCN(c2ccc(C)cc2)C1.I. The third-order valence-corrected chi connectivity index (χ3v) is 5.46. The van der Waals surface area contributed by atoms with E-state index in [1.165, 1.54) is 11.3 Å². The highest BCUT2D eigenvalue weighted by Crippen LogP contribution is 2.20. The number of guanidine groups is 1. The topological polar surface area (TPSA) is 52.1 Å². The molecule has 7 heteroatoms. The lowest BCUT2D eigenvalue weighted by Gasteiger charge is -2.31. The summed E-state index contributed by atoms with van der Waals surface area (Å²) in [5, 5.41) is 7.05. The highest BCUT2D eigenvalue weighted by molar-refractivity contribution is 14.0. The van der Waals surface area contributed by atoms with Crippen molar-refractivity contribution < 1.29 is 4.74 Å². The number of aryl methyl sites for hydroxylation is 1. The number of halogens is 1. The van der Waals surface area contributed by atoms with Crippen molar-refractivity contribution >= 4 is 35.6 Å². The van der Waals surface area contributed by atoms with Gasteiger partial charge < -0.3 is 20.3 Å². The summed E-state index contributed by atoms with van der Waals surface area (Å²) < 4.78 is 5.45. The minimum atomic E-state index is 0. The van der Waals surface area contributed by atoms with Crippen LogP contribution in [0.25, 0.3) is 0 Å². The zero-order valence-electron chi connectivity index (χ0n) is 17.5. The van der Waals surface area contributed by atoms with E-state index in [2.05, 4.69) is 65.5 Å². The largest absolute Gasteiger partial charge is 0.379 e. The number of hydrogen-bond acceptors (Lipinski definition) is 4. The van der Waals surface area contributed by atoms with E-state index in [0.29, 0.717) is 12.1 Å². The van der Waals surface area contributed by atoms with Crippen LogP contribution in [0.5, 0.6) is 0 Å². The van der Waals surface area contributed by atoms with Gasteiger partial charge in [-0.3, -0.25) is 9.89 Å². The van der Waals surface area contributed by atoms with Crippen molar-refractivity contribution in [1.82, 2.24) is 15.5 Å². The Labute approximate surface area is 187 Å². The summed E-state index contributed by atoms with van der Waals surface area (Å²) in [7, 11) is 0. The quantitative estimate of drug-likeness (QED) is 0.357. The molecule has 1 aromatic carbocycles. The number of hydrogen-bond donors (Lipinski definition) is 2. The van der Waals surface area contributed by atoms with E-state index in [-0.39, 0.29) is 24.0 Å². The first kappa shape index (κ1) is 23.2. The van der Waals surface area contributed by atoms with Crippen molar-refractivity contribution in [2.24, 2.45) is 4.99 Å². The van der Waals surface area contributed by atoms with Crippen LogP contribution in [0.2, 0.25) is 0 Å². The first-order chi connectivity index (χ1) is 13.2. The molecule has 2 aliphatic heterocycles. The van der Waals surface area contributed by atoms with Gasteiger partial charge in [-0.1, -0.05) is 17.7 Å². The van der Waals surface area contributed by atoms with Crippen LogP contribution in [0.15, 0.2) is 29.3 Å². The zero-order valence-corrected chi connectivity index (χ0v) is 19.8. The number of rotatable bonds is 6. The fraction of sp³-hybridized carbons (Fsp3) is 0.667. The minimum Gasteiger partial charge on any atom is -0.379 e. The molecule has 0 bridgehead atoms. The van der Waals surface area contributed by atoms with Gasteiger partial charge in [-0.15, -0.1) is 24.0 Å². The summed E-state index contributed by atoms with van der Waals surface area (Å²) in [5.41, 5.74) is 2.62. The van der Waals surface area contributed by atoms with Gasteiger partial charge in [-0.05, 0) is 39.3 Å². The van der Waals surface area contributed by atoms with Crippen LogP contribution in [-0.2, 0) is 4.74 Å². The summed E-state index contributed by atoms with van der Waals surface area (Å²) in [6, 6.07) is 9.70. The van der Waals surface area contributed by atoms with Crippen LogP contribution in [-0.4, -0.2) is 75.4 Å². The fourth-order valence-corrected chi connectivity index (χ4v) is 3.74. The molecule has 0 amide bonds. The average Bonchev–Trinajstić information content (AvgIpc) is 3.16. The summed E-state index contributed by atoms with van der Waals surface area (Å²) >= 11 is 0. The molecule has 2 fully saturated rings. The van der Waals surface area contributed by atoms with E-state index < -0.39 is 0 Å². The molecule has 1 aromatic rings. The zero-order chi connectivity index (χ0) is 19.1. The summed E-state index contributed by atoms with van der Waals surface area (Å²) in [4.78, 5) is 9.77. The lowest BCUT2D eigenvalue weighted by molar-refractivity contribution is 0.0220. The highest BCUT2D eigenvalue weighted by Gasteiger charge is 2.23. The van der Waals surface area contributed by atoms with Gasteiger partial charge in [0.15, 0.2) is 5.96 Å². The first-order valence-electron chi connectivity index (χ1n) is 10.3. The maximum Gasteiger partial charge on any atom is 0.191 e. The smallest absolute Gasteiger partial charge is 0.191 e. The molecule has 2 aliphatic rings. The van der Waals surface area contributed by atoms with Crippen molar-refractivity contribution in [3.05, 3.63) is 29.8 Å². The Bertz CT molecular complexity index is 603. The molecule has 0 saturated carbocycles. The van der Waals surface area contributed by atoms with E-state index in [1.54, 1.807) is 0 Å². The molecule has 0 aliphatic carbocycles. The predicted octanol–water partition coefficient (Wildman–Crippen LogP) is 2.47. The fourth-order valence-electron chi connectivity index (χ4n) is 3.74. The lowest BCUT2D eigenvalue weighted by atomic mass is 10.2. The number of aliphatic imine (C=N–C) groups is 1. The molecule has 3 rings (SSSR count). The molecule has 0 spiro atoms. The van der Waals surface area contributed by atoms with Crippen molar-refractivity contribution in [1.29, 1.82) is 0 Å². The molecule has 2 saturated heterocycles. The van der Waals surface area contributed by atoms with Crippen LogP contribution in [0.3, 0.4) is 0 Å². The molecule has 0 radical (unpaired) electrons. The lowest BCUT2D eigenvalue weighted by Crippen LogP contribution is -2.46. The minimum absolute atomic E-state index is 0. The van der Waals surface area contributed by atoms with Crippen molar-refractivity contribution in [2.75, 3.05) is 57.4 Å². The number of nitrogens with zero attached hydrogens (tertiary/aromatic N) is 3. The Morgan fingerprint density at radius 3 is 2.61 bits per heavy atom. The van der Waals surface area contributed by atoms with Gasteiger partial charge in [0.05, 0.1) is 19.8 Å². The number of nitrogens with one attached hydrogen (secondary N) is 2. The van der Waals surface area contributed by atoms with Crippen molar-refractivity contribution in [3.8, 4) is 0 Å². The van der Waals surface area contributed by atoms with Crippen LogP contribution >= 0.6 is 24.0 Å². The van der Waals surface area contributed by atoms with Gasteiger partial charge >= 0.3 is 0 Å². The standard InChI is InChI=1S/C21H35N5O.HI/c1-4-22-21(23-15-18(3)25-11-13-27-14-12-25)24-19-9-10-26(16-19)20-7-5-17(2)6-8-20;/h5-8,18-19H,4,9-16H2,1-3H3,(H2,22,23,24);1H. The number of ether oxygens (including phenoxy) is 1. The van der Waals surface area contributed by atoms with Crippen LogP contribution in [0.1, 0.15) is 25.8 Å². The Morgan fingerprint density at radius 1 is 1.21 bits per heavy atom. The molecule has 2 heterocycles. The van der Waals surface area contributed by atoms with Gasteiger partial charge in [-0.2, -0.15) is 0 Å². The normalized spacial score (nSPS) is 21.9. The highest BCUT2D eigenvalue weighted by atomic mass is 127. The van der Waals surface area contributed by atoms with E-state index in [4.69, 9.17) is 9.73 Å². The van der Waals surface area contributed by atoms with Crippen LogP contribution in [0.4, 0.5) is 5.69 Å². The summed E-state index contributed by atoms with van der Waals surface area (Å²) in [6.45, 7) is 14.0. The monoisotopic (exact) mass is 501 g/mol. The summed E-state index contributed by atoms with van der Waals surface area (Å²) in [6.07, 6.45) is 1.14. The van der Waals surface area contributed by atoms with E-state index in [1.807, 2.05) is 0 Å². The van der Waals surface area contributed by atoms with E-state index in [9.17, 15) is 0 Å². The van der Waals surface area contributed by atoms with Gasteiger partial charge in [0, 0.05) is 50.5 Å². The Kier molecular flexibility index (Phi) is 9.81. The number of anilines is 1. The molecule has 28 heavy (non-hydrogen) atoms. The number of benzene rings is 1.